The highest BCUT2D eigenvalue weighted by atomic mass is 32.2. The van der Waals surface area contributed by atoms with E-state index >= 15 is 0 Å². The van der Waals surface area contributed by atoms with Crippen LogP contribution in [0, 0.1) is 17.2 Å². The van der Waals surface area contributed by atoms with Gasteiger partial charge < -0.3 is 11.1 Å². The predicted molar refractivity (Wildman–Crippen MR) is 113 cm³/mol. The number of primary amides is 1. The van der Waals surface area contributed by atoms with Crippen molar-refractivity contribution in [3.8, 4) is 6.07 Å². The largest absolute Gasteiger partial charge is 0.369 e. The van der Waals surface area contributed by atoms with Crippen LogP contribution < -0.4 is 11.1 Å². The number of anilines is 1. The van der Waals surface area contributed by atoms with E-state index in [1.165, 1.54) is 23.1 Å². The van der Waals surface area contributed by atoms with Gasteiger partial charge in [-0.05, 0) is 30.5 Å². The van der Waals surface area contributed by atoms with E-state index in [1.807, 2.05) is 35.7 Å². The van der Waals surface area contributed by atoms with E-state index in [1.54, 1.807) is 19.1 Å². The average molecular weight is 411 g/mol. The molecular formula is C20H18N4O2S2. The van der Waals surface area contributed by atoms with Crippen molar-refractivity contribution in [1.29, 1.82) is 5.26 Å². The number of nitrogens with zero attached hydrogens (tertiary/aromatic N) is 2. The molecule has 1 aromatic heterocycles. The van der Waals surface area contributed by atoms with E-state index in [2.05, 4.69) is 16.4 Å². The first-order valence-corrected chi connectivity index (χ1v) is 10.4. The molecule has 0 spiro atoms. The molecule has 2 aromatic rings. The Kier molecular flexibility index (Phi) is 6.29. The molecule has 0 saturated heterocycles. The number of para-hydroxylation sites is 1. The second kappa shape index (κ2) is 8.87. The lowest BCUT2D eigenvalue weighted by molar-refractivity contribution is -0.120. The van der Waals surface area contributed by atoms with Gasteiger partial charge in [0.1, 0.15) is 5.03 Å². The van der Waals surface area contributed by atoms with Gasteiger partial charge in [-0.25, -0.2) is 4.99 Å². The predicted octanol–water partition coefficient (Wildman–Crippen LogP) is 3.51. The Labute approximate surface area is 171 Å². The van der Waals surface area contributed by atoms with Crippen molar-refractivity contribution < 1.29 is 9.59 Å². The number of thiophene rings is 1. The topological polar surface area (TPSA) is 108 Å². The highest BCUT2D eigenvalue weighted by Crippen LogP contribution is 2.43. The molecule has 0 saturated carbocycles. The number of aliphatic imine (C=N–C) groups is 1. The molecule has 1 aliphatic heterocycles. The summed E-state index contributed by atoms with van der Waals surface area (Å²) in [5, 5.41) is 14.9. The van der Waals surface area contributed by atoms with Crippen LogP contribution in [-0.4, -0.2) is 23.3 Å². The maximum atomic E-state index is 12.3. The number of benzene rings is 1. The Morgan fingerprint density at radius 1 is 1.29 bits per heavy atom. The van der Waals surface area contributed by atoms with Gasteiger partial charge in [0.25, 0.3) is 0 Å². The van der Waals surface area contributed by atoms with Crippen LogP contribution in [0.15, 0.2) is 63.4 Å². The number of nitrogens with two attached hydrogens (primary N) is 1. The van der Waals surface area contributed by atoms with E-state index in [-0.39, 0.29) is 11.7 Å². The van der Waals surface area contributed by atoms with Gasteiger partial charge in [0.05, 0.1) is 23.3 Å². The Bertz CT molecular complexity index is 975. The SMILES string of the molecule is CC1=NC(SCC(=O)Nc2ccccc2)=C(C#N)[C@@H](c2cccs2)C1C(N)=O. The first-order valence-electron chi connectivity index (χ1n) is 8.51. The first-order chi connectivity index (χ1) is 13.5. The highest BCUT2D eigenvalue weighted by Gasteiger charge is 2.39. The smallest absolute Gasteiger partial charge is 0.234 e. The van der Waals surface area contributed by atoms with Crippen molar-refractivity contribution in [3.05, 3.63) is 63.3 Å². The molecule has 2 heterocycles. The summed E-state index contributed by atoms with van der Waals surface area (Å²) in [5.41, 5.74) is 7.23. The van der Waals surface area contributed by atoms with Crippen molar-refractivity contribution >= 4 is 46.3 Å². The van der Waals surface area contributed by atoms with Crippen LogP contribution in [0.2, 0.25) is 0 Å². The zero-order valence-corrected chi connectivity index (χ0v) is 16.7. The van der Waals surface area contributed by atoms with Crippen molar-refractivity contribution in [2.75, 3.05) is 11.1 Å². The van der Waals surface area contributed by atoms with Gasteiger partial charge in [-0.2, -0.15) is 5.26 Å². The number of carbonyl (C=O) groups is 2. The number of nitrogens with one attached hydrogen (secondary N) is 1. The van der Waals surface area contributed by atoms with Crippen LogP contribution in [0.3, 0.4) is 0 Å². The second-order valence-corrected chi connectivity index (χ2v) is 8.10. The molecule has 3 N–H and O–H groups in total. The molecule has 0 fully saturated rings. The van der Waals surface area contributed by atoms with Gasteiger partial charge >= 0.3 is 0 Å². The molecule has 1 aromatic carbocycles. The van der Waals surface area contributed by atoms with Gasteiger partial charge in [0.2, 0.25) is 11.8 Å². The summed E-state index contributed by atoms with van der Waals surface area (Å²) in [6.07, 6.45) is 0. The van der Waals surface area contributed by atoms with Crippen molar-refractivity contribution in [1.82, 2.24) is 0 Å². The molecule has 6 nitrogen and oxygen atoms in total. The van der Waals surface area contributed by atoms with Gasteiger partial charge in [-0.1, -0.05) is 36.0 Å². The minimum absolute atomic E-state index is 0.102. The third kappa shape index (κ3) is 4.32. The van der Waals surface area contributed by atoms with Crippen molar-refractivity contribution in [2.24, 2.45) is 16.6 Å². The molecular weight excluding hydrogens is 392 g/mol. The highest BCUT2D eigenvalue weighted by molar-refractivity contribution is 8.03. The van der Waals surface area contributed by atoms with Crippen LogP contribution >= 0.6 is 23.1 Å². The van der Waals surface area contributed by atoms with E-state index in [9.17, 15) is 14.9 Å². The molecule has 0 bridgehead atoms. The van der Waals surface area contributed by atoms with Gasteiger partial charge in [0, 0.05) is 22.2 Å². The summed E-state index contributed by atoms with van der Waals surface area (Å²) in [4.78, 5) is 29.6. The number of hydrogen-bond acceptors (Lipinski definition) is 6. The van der Waals surface area contributed by atoms with E-state index < -0.39 is 17.7 Å². The monoisotopic (exact) mass is 410 g/mol. The Morgan fingerprint density at radius 2 is 2.04 bits per heavy atom. The molecule has 3 rings (SSSR count). The van der Waals surface area contributed by atoms with Crippen LogP contribution in [0.4, 0.5) is 5.69 Å². The standard InChI is InChI=1S/C20H18N4O2S2/c1-12-17(19(22)26)18(15-8-5-9-27-15)14(10-21)20(23-12)28-11-16(25)24-13-6-3-2-4-7-13/h2-9,17-18H,11H2,1H3,(H2,22,26)(H,24,25)/t17?,18-/m0/s1. The van der Waals surface area contributed by atoms with Gasteiger partial charge in [0.15, 0.2) is 0 Å². The minimum atomic E-state index is -0.671. The van der Waals surface area contributed by atoms with E-state index in [0.717, 1.165) is 4.88 Å². The van der Waals surface area contributed by atoms with Crippen molar-refractivity contribution in [2.45, 2.75) is 12.8 Å². The number of carbonyl (C=O) groups excluding carboxylic acids is 2. The lowest BCUT2D eigenvalue weighted by Gasteiger charge is -2.28. The summed E-state index contributed by atoms with van der Waals surface area (Å²) in [6.45, 7) is 1.73. The van der Waals surface area contributed by atoms with E-state index in [0.29, 0.717) is 22.0 Å². The molecule has 8 heteroatoms. The maximum Gasteiger partial charge on any atom is 0.234 e. The number of rotatable bonds is 6. The number of nitriles is 1. The molecule has 2 amide bonds. The minimum Gasteiger partial charge on any atom is -0.369 e. The van der Waals surface area contributed by atoms with Crippen LogP contribution in [-0.2, 0) is 9.59 Å². The number of amides is 2. The lowest BCUT2D eigenvalue weighted by atomic mass is 9.80. The van der Waals surface area contributed by atoms with Crippen molar-refractivity contribution in [3.63, 3.8) is 0 Å². The lowest BCUT2D eigenvalue weighted by Crippen LogP contribution is -2.36. The van der Waals surface area contributed by atoms with Crippen LogP contribution in [0.25, 0.3) is 0 Å². The second-order valence-electron chi connectivity index (χ2n) is 6.16. The fourth-order valence-corrected chi connectivity index (χ4v) is 4.80. The fraction of sp³-hybridized carbons (Fsp3) is 0.200. The quantitative estimate of drug-likeness (QED) is 0.759. The first kappa shape index (κ1) is 19.9. The summed E-state index contributed by atoms with van der Waals surface area (Å²) in [6, 6.07) is 15.1. The molecule has 28 heavy (non-hydrogen) atoms. The van der Waals surface area contributed by atoms with Crippen LogP contribution in [0.1, 0.15) is 17.7 Å². The molecule has 0 radical (unpaired) electrons. The zero-order valence-electron chi connectivity index (χ0n) is 15.1. The van der Waals surface area contributed by atoms with E-state index in [4.69, 9.17) is 5.73 Å². The Hall–Kier alpha value is -2.89. The van der Waals surface area contributed by atoms with Crippen LogP contribution in [0.5, 0.6) is 0 Å². The molecule has 1 aliphatic rings. The summed E-state index contributed by atoms with van der Waals surface area (Å²) in [5.74, 6) is -1.75. The number of thioether (sulfide) groups is 1. The zero-order chi connectivity index (χ0) is 20.1. The number of hydrogen-bond donors (Lipinski definition) is 2. The third-order valence-electron chi connectivity index (χ3n) is 4.28. The maximum absolute atomic E-state index is 12.3. The number of allylic oxidation sites excluding steroid dienone is 1. The molecule has 2 atom stereocenters. The summed E-state index contributed by atoms with van der Waals surface area (Å²) >= 11 is 2.65. The average Bonchev–Trinajstić information content (AvgIpc) is 3.20. The normalized spacial score (nSPS) is 18.9. The van der Waals surface area contributed by atoms with Gasteiger partial charge in [-0.15, -0.1) is 11.3 Å². The summed E-state index contributed by atoms with van der Waals surface area (Å²) in [7, 11) is 0. The van der Waals surface area contributed by atoms with Gasteiger partial charge in [-0.3, -0.25) is 9.59 Å². The Balaban J connectivity index is 1.84. The third-order valence-corrected chi connectivity index (χ3v) is 6.22. The molecule has 0 aliphatic carbocycles. The summed E-state index contributed by atoms with van der Waals surface area (Å²) < 4.78 is 0. The Morgan fingerprint density at radius 3 is 2.64 bits per heavy atom. The fourth-order valence-electron chi connectivity index (χ4n) is 3.06. The molecule has 1 unspecified atom stereocenters. The molecule has 142 valence electrons.